The minimum Gasteiger partial charge on any atom is -0.399 e. The van der Waals surface area contributed by atoms with Crippen LogP contribution >= 0.6 is 0 Å². The minimum absolute atomic E-state index is 0.00838. The van der Waals surface area contributed by atoms with Crippen LogP contribution in [0.3, 0.4) is 0 Å². The molecule has 1 amide bonds. The molecular weight excluding hydrogens is 216 g/mol. The summed E-state index contributed by atoms with van der Waals surface area (Å²) in [5.41, 5.74) is 6.82. The third-order valence-electron chi connectivity index (χ3n) is 2.91. The zero-order valence-corrected chi connectivity index (χ0v) is 9.52. The molecule has 1 aromatic carbocycles. The number of rotatable bonds is 4. The van der Waals surface area contributed by atoms with Crippen molar-refractivity contribution < 1.29 is 9.90 Å². The lowest BCUT2D eigenvalue weighted by Gasteiger charge is -2.11. The van der Waals surface area contributed by atoms with E-state index in [1.54, 1.807) is 18.2 Å². The Morgan fingerprint density at radius 3 is 2.59 bits per heavy atom. The Hall–Kier alpha value is -1.81. The Labute approximate surface area is 100 Å². The van der Waals surface area contributed by atoms with E-state index in [9.17, 15) is 4.79 Å². The number of hydrogen-bond acceptors (Lipinski definition) is 3. The van der Waals surface area contributed by atoms with Gasteiger partial charge in [0.15, 0.2) is 0 Å². The lowest BCUT2D eigenvalue weighted by molar-refractivity contribution is -0.117. The summed E-state index contributed by atoms with van der Waals surface area (Å²) in [6.07, 6.45) is 4.90. The van der Waals surface area contributed by atoms with Crippen molar-refractivity contribution in [1.82, 2.24) is 5.32 Å². The standard InChI is InChI=1S/C13H16N2O2/c14-11-4-1-10(2-5-11)3-6-12(17)15-13(9-16)7-8-13/h1-6,16H,7-9,14H2,(H,15,17)/b6-3+. The molecule has 1 aliphatic rings. The highest BCUT2D eigenvalue weighted by molar-refractivity contribution is 5.92. The Kier molecular flexibility index (Phi) is 3.15. The van der Waals surface area contributed by atoms with Crippen LogP contribution < -0.4 is 11.1 Å². The van der Waals surface area contributed by atoms with Gasteiger partial charge in [0.1, 0.15) is 0 Å². The Balaban J connectivity index is 1.92. The van der Waals surface area contributed by atoms with Crippen LogP contribution in [0.15, 0.2) is 30.3 Å². The molecule has 0 unspecified atom stereocenters. The number of benzene rings is 1. The number of carbonyl (C=O) groups excluding carboxylic acids is 1. The lowest BCUT2D eigenvalue weighted by Crippen LogP contribution is -2.38. The molecule has 0 atom stereocenters. The highest BCUT2D eigenvalue weighted by atomic mass is 16.3. The predicted octanol–water partition coefficient (Wildman–Crippen LogP) is 0.923. The molecule has 4 heteroatoms. The molecule has 1 aliphatic carbocycles. The van der Waals surface area contributed by atoms with Gasteiger partial charge in [0, 0.05) is 11.8 Å². The average molecular weight is 232 g/mol. The van der Waals surface area contributed by atoms with Crippen LogP contribution in [0.25, 0.3) is 6.08 Å². The zero-order chi connectivity index (χ0) is 12.3. The van der Waals surface area contributed by atoms with Gasteiger partial charge in [-0.2, -0.15) is 0 Å². The Morgan fingerprint density at radius 1 is 1.41 bits per heavy atom. The molecule has 1 fully saturated rings. The number of aliphatic hydroxyl groups excluding tert-OH is 1. The molecule has 1 aromatic rings. The first-order chi connectivity index (χ1) is 8.13. The summed E-state index contributed by atoms with van der Waals surface area (Å²) in [5, 5.41) is 11.9. The van der Waals surface area contributed by atoms with Gasteiger partial charge in [-0.1, -0.05) is 12.1 Å². The van der Waals surface area contributed by atoms with E-state index in [-0.39, 0.29) is 18.1 Å². The maximum absolute atomic E-state index is 11.6. The van der Waals surface area contributed by atoms with E-state index in [4.69, 9.17) is 10.8 Å². The van der Waals surface area contributed by atoms with Gasteiger partial charge in [0.25, 0.3) is 0 Å². The smallest absolute Gasteiger partial charge is 0.244 e. The molecular formula is C13H16N2O2. The molecule has 4 nitrogen and oxygen atoms in total. The number of aliphatic hydroxyl groups is 1. The minimum atomic E-state index is -0.359. The van der Waals surface area contributed by atoms with Crippen molar-refractivity contribution in [3.63, 3.8) is 0 Å². The molecule has 0 heterocycles. The van der Waals surface area contributed by atoms with Crippen molar-refractivity contribution in [1.29, 1.82) is 0 Å². The van der Waals surface area contributed by atoms with E-state index < -0.39 is 0 Å². The summed E-state index contributed by atoms with van der Waals surface area (Å²) in [6, 6.07) is 7.26. The van der Waals surface area contributed by atoms with E-state index in [1.807, 2.05) is 12.1 Å². The second-order valence-electron chi connectivity index (χ2n) is 4.43. The third-order valence-corrected chi connectivity index (χ3v) is 2.91. The van der Waals surface area contributed by atoms with Gasteiger partial charge in [0.05, 0.1) is 12.1 Å². The zero-order valence-electron chi connectivity index (χ0n) is 9.52. The van der Waals surface area contributed by atoms with E-state index in [0.717, 1.165) is 18.4 Å². The number of hydrogen-bond donors (Lipinski definition) is 3. The molecule has 90 valence electrons. The number of nitrogens with one attached hydrogen (secondary N) is 1. The first kappa shape index (κ1) is 11.7. The van der Waals surface area contributed by atoms with Crippen molar-refractivity contribution in [2.45, 2.75) is 18.4 Å². The van der Waals surface area contributed by atoms with Gasteiger partial charge < -0.3 is 16.2 Å². The second-order valence-corrected chi connectivity index (χ2v) is 4.43. The van der Waals surface area contributed by atoms with Gasteiger partial charge in [-0.15, -0.1) is 0 Å². The fourth-order valence-electron chi connectivity index (χ4n) is 1.56. The van der Waals surface area contributed by atoms with Crippen LogP contribution in [0.5, 0.6) is 0 Å². The number of nitrogen functional groups attached to an aromatic ring is 1. The van der Waals surface area contributed by atoms with Gasteiger partial charge >= 0.3 is 0 Å². The summed E-state index contributed by atoms with van der Waals surface area (Å²) >= 11 is 0. The fraction of sp³-hybridized carbons (Fsp3) is 0.308. The maximum atomic E-state index is 11.6. The van der Waals surface area contributed by atoms with Crippen LogP contribution in [0.4, 0.5) is 5.69 Å². The first-order valence-corrected chi connectivity index (χ1v) is 5.60. The van der Waals surface area contributed by atoms with Crippen LogP contribution in [-0.4, -0.2) is 23.2 Å². The Morgan fingerprint density at radius 2 is 2.06 bits per heavy atom. The van der Waals surface area contributed by atoms with Crippen LogP contribution in [-0.2, 0) is 4.79 Å². The van der Waals surface area contributed by atoms with E-state index in [0.29, 0.717) is 5.69 Å². The van der Waals surface area contributed by atoms with Gasteiger partial charge in [0.2, 0.25) is 5.91 Å². The summed E-state index contributed by atoms with van der Waals surface area (Å²) < 4.78 is 0. The maximum Gasteiger partial charge on any atom is 0.244 e. The SMILES string of the molecule is Nc1ccc(/C=C/C(=O)NC2(CO)CC2)cc1. The number of anilines is 1. The predicted molar refractivity (Wildman–Crippen MR) is 67.1 cm³/mol. The molecule has 0 bridgehead atoms. The quantitative estimate of drug-likeness (QED) is 0.534. The first-order valence-electron chi connectivity index (χ1n) is 5.60. The van der Waals surface area contributed by atoms with Crippen molar-refractivity contribution in [3.05, 3.63) is 35.9 Å². The van der Waals surface area contributed by atoms with Gasteiger partial charge in [-0.25, -0.2) is 0 Å². The number of nitrogens with two attached hydrogens (primary N) is 1. The highest BCUT2D eigenvalue weighted by Gasteiger charge is 2.42. The van der Waals surface area contributed by atoms with E-state index in [2.05, 4.69) is 5.32 Å². The molecule has 0 radical (unpaired) electrons. The second kappa shape index (κ2) is 4.59. The molecule has 2 rings (SSSR count). The monoisotopic (exact) mass is 232 g/mol. The normalized spacial score (nSPS) is 17.0. The largest absolute Gasteiger partial charge is 0.399 e. The highest BCUT2D eigenvalue weighted by Crippen LogP contribution is 2.34. The molecule has 4 N–H and O–H groups in total. The molecule has 0 aromatic heterocycles. The number of carbonyl (C=O) groups is 1. The molecule has 0 spiro atoms. The summed E-state index contributed by atoms with van der Waals surface area (Å²) in [4.78, 5) is 11.6. The summed E-state index contributed by atoms with van der Waals surface area (Å²) in [7, 11) is 0. The fourth-order valence-corrected chi connectivity index (χ4v) is 1.56. The van der Waals surface area contributed by atoms with Crippen LogP contribution in [0, 0.1) is 0 Å². The lowest BCUT2D eigenvalue weighted by atomic mass is 10.2. The molecule has 0 aliphatic heterocycles. The van der Waals surface area contributed by atoms with Crippen molar-refractivity contribution in [2.24, 2.45) is 0 Å². The Bertz CT molecular complexity index is 433. The molecule has 1 saturated carbocycles. The third kappa shape index (κ3) is 3.07. The summed E-state index contributed by atoms with van der Waals surface area (Å²) in [6.45, 7) is 0.00838. The van der Waals surface area contributed by atoms with E-state index in [1.165, 1.54) is 6.08 Å². The van der Waals surface area contributed by atoms with Crippen molar-refractivity contribution in [2.75, 3.05) is 12.3 Å². The molecule has 0 saturated heterocycles. The van der Waals surface area contributed by atoms with Crippen LogP contribution in [0.2, 0.25) is 0 Å². The topological polar surface area (TPSA) is 75.4 Å². The van der Waals surface area contributed by atoms with E-state index >= 15 is 0 Å². The van der Waals surface area contributed by atoms with Crippen molar-refractivity contribution in [3.8, 4) is 0 Å². The van der Waals surface area contributed by atoms with Crippen molar-refractivity contribution >= 4 is 17.7 Å². The average Bonchev–Trinajstić information content (AvgIpc) is 3.09. The molecule has 17 heavy (non-hydrogen) atoms. The van der Waals surface area contributed by atoms with Crippen LogP contribution in [0.1, 0.15) is 18.4 Å². The number of amides is 1. The van der Waals surface area contributed by atoms with Gasteiger partial charge in [-0.05, 0) is 36.6 Å². The summed E-state index contributed by atoms with van der Waals surface area (Å²) in [5.74, 6) is -0.173. The van der Waals surface area contributed by atoms with Gasteiger partial charge in [-0.3, -0.25) is 4.79 Å².